The Morgan fingerprint density at radius 2 is 1.95 bits per heavy atom. The zero-order valence-corrected chi connectivity index (χ0v) is 24.5. The summed E-state index contributed by atoms with van der Waals surface area (Å²) in [5.74, 6) is -0.0126. The van der Waals surface area contributed by atoms with Crippen molar-refractivity contribution in [2.24, 2.45) is 0 Å². The second-order valence-corrected chi connectivity index (χ2v) is 13.0. The van der Waals surface area contributed by atoms with E-state index in [1.165, 1.54) is 0 Å². The number of thiophene rings is 1. The van der Waals surface area contributed by atoms with E-state index in [1.807, 2.05) is 49.4 Å². The van der Waals surface area contributed by atoms with Crippen molar-refractivity contribution in [3.63, 3.8) is 0 Å². The quantitative estimate of drug-likeness (QED) is 0.155. The molecule has 8 nitrogen and oxygen atoms in total. The number of rotatable bonds is 13. The van der Waals surface area contributed by atoms with Gasteiger partial charge in [0, 0.05) is 42.3 Å². The van der Waals surface area contributed by atoms with Crippen LogP contribution in [0, 0.1) is 0 Å². The van der Waals surface area contributed by atoms with Crippen LogP contribution < -0.4 is 20.3 Å². The van der Waals surface area contributed by atoms with Gasteiger partial charge in [-0.3, -0.25) is 18.2 Å². The van der Waals surface area contributed by atoms with Crippen LogP contribution in [0.5, 0.6) is 0 Å². The van der Waals surface area contributed by atoms with Gasteiger partial charge in [0.25, 0.3) is 5.91 Å². The van der Waals surface area contributed by atoms with E-state index in [0.29, 0.717) is 49.6 Å². The number of nitrogens with one attached hydrogen (secondary N) is 3. The Balaban J connectivity index is 1.52. The molecule has 1 saturated heterocycles. The molecule has 1 aliphatic heterocycles. The largest absolute Gasteiger partial charge is 0.390 e. The minimum atomic E-state index is -2.94. The molecule has 10 heteroatoms. The molecule has 3 aromatic rings. The topological polar surface area (TPSA) is 117 Å². The van der Waals surface area contributed by atoms with Crippen LogP contribution in [0.15, 0.2) is 66.6 Å². The predicted molar refractivity (Wildman–Crippen MR) is 168 cm³/mol. The number of anilines is 2. The van der Waals surface area contributed by atoms with Crippen LogP contribution in [0.2, 0.25) is 0 Å². The number of aliphatic hydroxyl groups is 1. The number of amides is 1. The van der Waals surface area contributed by atoms with Crippen molar-refractivity contribution in [2.45, 2.75) is 44.9 Å². The summed E-state index contributed by atoms with van der Waals surface area (Å²) in [7, 11) is -2.94. The maximum atomic E-state index is 13.6. The molecule has 2 atom stereocenters. The molecule has 1 aromatic heterocycles. The molecule has 1 fully saturated rings. The number of carbonyl (C=O) groups excluding carboxylic acids is 1. The van der Waals surface area contributed by atoms with Crippen LogP contribution in [0.25, 0.3) is 6.08 Å². The summed E-state index contributed by atoms with van der Waals surface area (Å²) in [4.78, 5) is 14.7. The van der Waals surface area contributed by atoms with Gasteiger partial charge in [-0.15, -0.1) is 22.1 Å². The van der Waals surface area contributed by atoms with Crippen LogP contribution in [-0.2, 0) is 13.0 Å². The fourth-order valence-electron chi connectivity index (χ4n) is 4.80. The molecular weight excluding hydrogens is 544 g/mol. The number of benzene rings is 2. The average Bonchev–Trinajstić information content (AvgIpc) is 3.41. The van der Waals surface area contributed by atoms with E-state index in [2.05, 4.69) is 34.0 Å². The lowest BCUT2D eigenvalue weighted by atomic mass is 10.00. The maximum Gasteiger partial charge on any atom is 0.251 e. The third-order valence-electron chi connectivity index (χ3n) is 6.87. The summed E-state index contributed by atoms with van der Waals surface area (Å²) in [5, 5.41) is 22.9. The molecule has 40 heavy (non-hydrogen) atoms. The van der Waals surface area contributed by atoms with Gasteiger partial charge in [-0.05, 0) is 67.0 Å². The number of hydrogen-bond donors (Lipinski definition) is 6. The Bertz CT molecular complexity index is 1270. The van der Waals surface area contributed by atoms with Crippen molar-refractivity contribution in [3.8, 4) is 0 Å². The van der Waals surface area contributed by atoms with Gasteiger partial charge in [-0.25, -0.2) is 0 Å². The lowest BCUT2D eigenvalue weighted by Crippen LogP contribution is -2.48. The van der Waals surface area contributed by atoms with Crippen molar-refractivity contribution >= 4 is 45.5 Å². The van der Waals surface area contributed by atoms with Crippen LogP contribution in [-0.4, -0.2) is 57.7 Å². The van der Waals surface area contributed by atoms with Crippen molar-refractivity contribution in [2.75, 3.05) is 35.0 Å². The fraction of sp³-hybridized carbons (Fsp3) is 0.367. The zero-order valence-electron chi connectivity index (χ0n) is 22.9. The summed E-state index contributed by atoms with van der Waals surface area (Å²) >= 11 is 1.62. The van der Waals surface area contributed by atoms with Crippen LogP contribution >= 0.6 is 22.1 Å². The van der Waals surface area contributed by atoms with Gasteiger partial charge in [-0.1, -0.05) is 43.0 Å². The van der Waals surface area contributed by atoms with Crippen molar-refractivity contribution in [1.82, 2.24) is 10.6 Å². The first-order valence-corrected chi connectivity index (χ1v) is 16.2. The van der Waals surface area contributed by atoms with Crippen molar-refractivity contribution in [3.05, 3.63) is 88.1 Å². The molecule has 2 aromatic carbocycles. The fourth-order valence-corrected chi connectivity index (χ4v) is 7.23. The molecule has 6 N–H and O–H groups in total. The molecule has 216 valence electrons. The Morgan fingerprint density at radius 3 is 2.65 bits per heavy atom. The highest BCUT2D eigenvalue weighted by atomic mass is 32.3. The number of aliphatic hydroxyl groups excluding tert-OH is 1. The molecule has 1 aliphatic rings. The third-order valence-corrected chi connectivity index (χ3v) is 9.78. The van der Waals surface area contributed by atoms with Crippen LogP contribution in [0.4, 0.5) is 11.4 Å². The standard InChI is InChI=1S/C30H40N4O4S2/c1-3-27-14-23(21-39-27)19-31-20-29(35)28(15-22-10-6-5-7-11-22)33-30(36)24-16-25(32-4-2)18-26(17-24)34-12-8-9-13-40(34,37)38/h3,5-7,10-11,14,16-18,21,28-29,31-32,35,37-38H,1,4,8-9,12-13,15,19-20H2,2H3,(H,33,36)/t28-,29+/m0/s1. The molecule has 1 amide bonds. The van der Waals surface area contributed by atoms with Crippen LogP contribution in [0.3, 0.4) is 0 Å². The van der Waals surface area contributed by atoms with E-state index < -0.39 is 22.9 Å². The molecule has 4 rings (SSSR count). The highest BCUT2D eigenvalue weighted by Crippen LogP contribution is 2.50. The summed E-state index contributed by atoms with van der Waals surface area (Å²) in [6.45, 7) is 7.84. The monoisotopic (exact) mass is 584 g/mol. The van der Waals surface area contributed by atoms with E-state index in [9.17, 15) is 19.0 Å². The Morgan fingerprint density at radius 1 is 1.15 bits per heavy atom. The molecular formula is C30H40N4O4S2. The predicted octanol–water partition coefficient (Wildman–Crippen LogP) is 5.58. The average molecular weight is 585 g/mol. The summed E-state index contributed by atoms with van der Waals surface area (Å²) < 4.78 is 23.0. The van der Waals surface area contributed by atoms with Crippen molar-refractivity contribution < 1.29 is 19.0 Å². The molecule has 0 radical (unpaired) electrons. The van der Waals surface area contributed by atoms with Crippen molar-refractivity contribution in [1.29, 1.82) is 0 Å². The second-order valence-electron chi connectivity index (χ2n) is 9.97. The minimum Gasteiger partial charge on any atom is -0.390 e. The summed E-state index contributed by atoms with van der Waals surface area (Å²) in [6, 6.07) is 16.6. The van der Waals surface area contributed by atoms with Gasteiger partial charge in [0.15, 0.2) is 0 Å². The smallest absolute Gasteiger partial charge is 0.251 e. The highest BCUT2D eigenvalue weighted by molar-refractivity contribution is 8.25. The van der Waals surface area contributed by atoms with Crippen LogP contribution in [0.1, 0.15) is 46.1 Å². The SMILES string of the molecule is C=Cc1cc(CNC[C@@H](O)[C@H](Cc2ccccc2)NC(=O)c2cc(NCC)cc(N3CCCCS3(O)O)c2)cs1. The van der Waals surface area contributed by atoms with E-state index >= 15 is 0 Å². The molecule has 0 saturated carbocycles. The Labute approximate surface area is 242 Å². The second kappa shape index (κ2) is 14.2. The van der Waals surface area contributed by atoms with Gasteiger partial charge >= 0.3 is 0 Å². The summed E-state index contributed by atoms with van der Waals surface area (Å²) in [5.41, 5.74) is 3.83. The molecule has 0 bridgehead atoms. The van der Waals surface area contributed by atoms with Gasteiger partial charge in [0.2, 0.25) is 0 Å². The van der Waals surface area contributed by atoms with E-state index in [1.54, 1.807) is 27.8 Å². The summed E-state index contributed by atoms with van der Waals surface area (Å²) in [6.07, 6.45) is 3.04. The van der Waals surface area contributed by atoms with Gasteiger partial charge < -0.3 is 21.1 Å². The first kappa shape index (κ1) is 30.1. The first-order chi connectivity index (χ1) is 19.3. The lowest BCUT2D eigenvalue weighted by Gasteiger charge is -2.47. The lowest BCUT2D eigenvalue weighted by molar-refractivity contribution is 0.0830. The molecule has 0 aliphatic carbocycles. The van der Waals surface area contributed by atoms with E-state index in [0.717, 1.165) is 34.5 Å². The molecule has 0 spiro atoms. The highest BCUT2D eigenvalue weighted by Gasteiger charge is 2.28. The minimum absolute atomic E-state index is 0.300. The molecule has 2 heterocycles. The number of nitrogens with zero attached hydrogens (tertiary/aromatic N) is 1. The van der Waals surface area contributed by atoms with E-state index in [4.69, 9.17) is 0 Å². The first-order valence-electron chi connectivity index (χ1n) is 13.6. The zero-order chi connectivity index (χ0) is 28.5. The number of hydrogen-bond acceptors (Lipinski definition) is 8. The van der Waals surface area contributed by atoms with Gasteiger partial charge in [-0.2, -0.15) is 0 Å². The van der Waals surface area contributed by atoms with E-state index in [-0.39, 0.29) is 5.91 Å². The number of carbonyl (C=O) groups is 1. The maximum absolute atomic E-state index is 13.6. The Hall–Kier alpha value is -2.86. The molecule has 0 unspecified atom stereocenters. The normalized spacial score (nSPS) is 17.1. The third kappa shape index (κ3) is 8.09. The Kier molecular flexibility index (Phi) is 10.7. The van der Waals surface area contributed by atoms with Gasteiger partial charge in [0.05, 0.1) is 23.6 Å². The van der Waals surface area contributed by atoms with Gasteiger partial charge in [0.1, 0.15) is 0 Å².